The molecule has 0 aliphatic heterocycles. The molecule has 1 nitrogen and oxygen atoms in total. The van der Waals surface area contributed by atoms with E-state index in [1.807, 2.05) is 0 Å². The van der Waals surface area contributed by atoms with Gasteiger partial charge in [0.25, 0.3) is 0 Å². The molecule has 0 saturated heterocycles. The molecule has 0 heterocycles. The average Bonchev–Trinajstić information content (AvgIpc) is 2.61. The van der Waals surface area contributed by atoms with Gasteiger partial charge in [0.15, 0.2) is 0 Å². The Labute approximate surface area is 147 Å². The highest BCUT2D eigenvalue weighted by Crippen LogP contribution is 2.39. The van der Waals surface area contributed by atoms with Crippen LogP contribution in [0.3, 0.4) is 0 Å². The molecule has 1 aromatic rings. The number of benzene rings is 1. The fourth-order valence-electron chi connectivity index (χ4n) is 4.07. The Hall–Kier alpha value is -1.71. The normalized spacial score (nSPS) is 27.0. The monoisotopic (exact) mass is 350 g/mol. The molecule has 1 unspecified atom stereocenters. The van der Waals surface area contributed by atoms with Crippen molar-refractivity contribution in [3.05, 3.63) is 48.1 Å². The van der Waals surface area contributed by atoms with Gasteiger partial charge in [0.05, 0.1) is 0 Å². The third-order valence-corrected chi connectivity index (χ3v) is 5.63. The van der Waals surface area contributed by atoms with Crippen molar-refractivity contribution in [3.8, 4) is 5.75 Å². The molecule has 1 aromatic carbocycles. The van der Waals surface area contributed by atoms with Crippen LogP contribution in [0.15, 0.2) is 42.5 Å². The third-order valence-electron chi connectivity index (χ3n) is 5.63. The van der Waals surface area contributed by atoms with Gasteiger partial charge >= 0.3 is 6.36 Å². The number of alkyl halides is 3. The molecular weight excluding hydrogens is 325 g/mol. The van der Waals surface area contributed by atoms with Crippen LogP contribution in [-0.4, -0.2) is 6.36 Å². The molecule has 4 heteroatoms. The highest BCUT2D eigenvalue weighted by atomic mass is 19.4. The summed E-state index contributed by atoms with van der Waals surface area (Å²) in [6.07, 6.45) is 9.66. The molecule has 0 radical (unpaired) electrons. The first-order valence-electron chi connectivity index (χ1n) is 9.19. The van der Waals surface area contributed by atoms with Crippen LogP contribution in [0.4, 0.5) is 13.2 Å². The minimum atomic E-state index is -4.64. The second-order valence-electron chi connectivity index (χ2n) is 7.18. The van der Waals surface area contributed by atoms with Crippen molar-refractivity contribution in [2.45, 2.75) is 51.8 Å². The first-order valence-corrected chi connectivity index (χ1v) is 9.19. The lowest BCUT2D eigenvalue weighted by Gasteiger charge is -2.33. The first kappa shape index (κ1) is 18.1. The van der Waals surface area contributed by atoms with E-state index in [2.05, 4.69) is 29.9 Å². The molecule has 25 heavy (non-hydrogen) atoms. The van der Waals surface area contributed by atoms with Gasteiger partial charge < -0.3 is 4.74 Å². The summed E-state index contributed by atoms with van der Waals surface area (Å²) in [4.78, 5) is 0. The first-order chi connectivity index (χ1) is 11.9. The smallest absolute Gasteiger partial charge is 0.406 e. The summed E-state index contributed by atoms with van der Waals surface area (Å²) in [6.45, 7) is 2.28. The molecule has 3 rings (SSSR count). The second kappa shape index (κ2) is 7.67. The van der Waals surface area contributed by atoms with Crippen molar-refractivity contribution in [2.75, 3.05) is 0 Å². The van der Waals surface area contributed by atoms with Crippen molar-refractivity contribution < 1.29 is 17.9 Å². The largest absolute Gasteiger partial charge is 0.573 e. The molecule has 2 aliphatic carbocycles. The van der Waals surface area contributed by atoms with Crippen LogP contribution in [-0.2, 0) is 0 Å². The second-order valence-corrected chi connectivity index (χ2v) is 7.18. The zero-order valence-corrected chi connectivity index (χ0v) is 14.6. The van der Waals surface area contributed by atoms with Gasteiger partial charge in [-0.3, -0.25) is 0 Å². The molecule has 0 amide bonds. The van der Waals surface area contributed by atoms with E-state index < -0.39 is 6.36 Å². The molecule has 1 atom stereocenters. The average molecular weight is 350 g/mol. The van der Waals surface area contributed by atoms with E-state index >= 15 is 0 Å². The maximum Gasteiger partial charge on any atom is 0.573 e. The predicted molar refractivity (Wildman–Crippen MR) is 94.1 cm³/mol. The third kappa shape index (κ3) is 4.90. The Balaban J connectivity index is 1.57. The van der Waals surface area contributed by atoms with Gasteiger partial charge in [-0.2, -0.15) is 0 Å². The van der Waals surface area contributed by atoms with Gasteiger partial charge in [-0.15, -0.1) is 13.2 Å². The Bertz CT molecular complexity index is 620. The molecule has 0 N–H and O–H groups in total. The number of rotatable bonds is 4. The predicted octanol–water partition coefficient (Wildman–Crippen LogP) is 6.76. The van der Waals surface area contributed by atoms with E-state index in [-0.39, 0.29) is 5.75 Å². The minimum absolute atomic E-state index is 0.179. The summed E-state index contributed by atoms with van der Waals surface area (Å²) < 4.78 is 40.6. The van der Waals surface area contributed by atoms with Gasteiger partial charge in [-0.05, 0) is 60.3 Å². The van der Waals surface area contributed by atoms with E-state index in [4.69, 9.17) is 0 Å². The molecule has 2 aliphatic rings. The van der Waals surface area contributed by atoms with Crippen molar-refractivity contribution in [1.82, 2.24) is 0 Å². The maximum absolute atomic E-state index is 12.2. The molecule has 0 bridgehead atoms. The van der Waals surface area contributed by atoms with E-state index in [1.165, 1.54) is 44.2 Å². The van der Waals surface area contributed by atoms with E-state index in [0.29, 0.717) is 5.92 Å². The SMILES string of the molecule is CCC1CCC(C2C=CC(c3ccc(OC(F)(F)F)cc3)=CC2)CC1. The lowest BCUT2D eigenvalue weighted by molar-refractivity contribution is -0.274. The summed E-state index contributed by atoms with van der Waals surface area (Å²) in [7, 11) is 0. The number of halogens is 3. The Morgan fingerprint density at radius 2 is 1.72 bits per heavy atom. The Morgan fingerprint density at radius 3 is 2.24 bits per heavy atom. The van der Waals surface area contributed by atoms with Crippen LogP contribution >= 0.6 is 0 Å². The van der Waals surface area contributed by atoms with Crippen LogP contribution in [0.5, 0.6) is 5.75 Å². The Morgan fingerprint density at radius 1 is 1.04 bits per heavy atom. The van der Waals surface area contributed by atoms with Crippen molar-refractivity contribution >= 4 is 5.57 Å². The molecule has 1 saturated carbocycles. The standard InChI is InChI=1S/C21H25F3O/c1-2-15-3-5-16(6-4-15)17-7-9-18(10-8-17)19-11-13-20(14-12-19)25-21(22,23)24/h7,9-17H,2-6,8H2,1H3. The van der Waals surface area contributed by atoms with Gasteiger partial charge in [-0.1, -0.05) is 56.5 Å². The summed E-state index contributed by atoms with van der Waals surface area (Å²) in [5.41, 5.74) is 2.01. The molecule has 1 fully saturated rings. The maximum atomic E-state index is 12.2. The summed E-state index contributed by atoms with van der Waals surface area (Å²) >= 11 is 0. The van der Waals surface area contributed by atoms with Crippen LogP contribution in [0, 0.1) is 17.8 Å². The minimum Gasteiger partial charge on any atom is -0.406 e. The van der Waals surface area contributed by atoms with Crippen LogP contribution in [0.2, 0.25) is 0 Å². The van der Waals surface area contributed by atoms with Crippen LogP contribution < -0.4 is 4.74 Å². The lowest BCUT2D eigenvalue weighted by Crippen LogP contribution is -2.21. The summed E-state index contributed by atoms with van der Waals surface area (Å²) in [5, 5.41) is 0. The van der Waals surface area contributed by atoms with Crippen LogP contribution in [0.1, 0.15) is 51.0 Å². The van der Waals surface area contributed by atoms with Gasteiger partial charge in [0.1, 0.15) is 5.75 Å². The number of ether oxygens (including phenoxy) is 1. The number of hydrogen-bond acceptors (Lipinski definition) is 1. The van der Waals surface area contributed by atoms with Crippen molar-refractivity contribution in [2.24, 2.45) is 17.8 Å². The van der Waals surface area contributed by atoms with E-state index in [9.17, 15) is 13.2 Å². The number of allylic oxidation sites excluding steroid dienone is 4. The van der Waals surface area contributed by atoms with Crippen molar-refractivity contribution in [1.29, 1.82) is 0 Å². The zero-order chi connectivity index (χ0) is 17.9. The highest BCUT2D eigenvalue weighted by molar-refractivity contribution is 5.75. The summed E-state index contributed by atoms with van der Waals surface area (Å²) in [6, 6.07) is 6.11. The molecular formula is C21H25F3O. The fourth-order valence-corrected chi connectivity index (χ4v) is 4.07. The Kier molecular flexibility index (Phi) is 5.55. The topological polar surface area (TPSA) is 9.23 Å². The van der Waals surface area contributed by atoms with Gasteiger partial charge in [-0.25, -0.2) is 0 Å². The molecule has 0 spiro atoms. The van der Waals surface area contributed by atoms with Gasteiger partial charge in [0.2, 0.25) is 0 Å². The fraction of sp³-hybridized carbons (Fsp3) is 0.524. The summed E-state index contributed by atoms with van der Waals surface area (Å²) in [5.74, 6) is 2.11. The lowest BCUT2D eigenvalue weighted by atomic mass is 9.73. The quantitative estimate of drug-likeness (QED) is 0.583. The van der Waals surface area contributed by atoms with E-state index in [0.717, 1.165) is 29.4 Å². The van der Waals surface area contributed by atoms with Crippen LogP contribution in [0.25, 0.3) is 5.57 Å². The van der Waals surface area contributed by atoms with E-state index in [1.54, 1.807) is 12.1 Å². The molecule has 136 valence electrons. The van der Waals surface area contributed by atoms with Gasteiger partial charge in [0, 0.05) is 0 Å². The highest BCUT2D eigenvalue weighted by Gasteiger charge is 2.31. The molecule has 0 aromatic heterocycles. The number of hydrogen-bond donors (Lipinski definition) is 0. The zero-order valence-electron chi connectivity index (χ0n) is 14.6. The van der Waals surface area contributed by atoms with Crippen molar-refractivity contribution in [3.63, 3.8) is 0 Å².